The molecular formula is C17H19ClN2. The van der Waals surface area contributed by atoms with E-state index >= 15 is 0 Å². The highest BCUT2D eigenvalue weighted by Gasteiger charge is 2.17. The summed E-state index contributed by atoms with van der Waals surface area (Å²) in [5.41, 5.74) is 4.96. The number of hydrogen-bond acceptors (Lipinski definition) is 2. The van der Waals surface area contributed by atoms with Gasteiger partial charge in [0.05, 0.1) is 6.04 Å². The summed E-state index contributed by atoms with van der Waals surface area (Å²) in [5.74, 6) is 0. The fourth-order valence-electron chi connectivity index (χ4n) is 2.69. The molecule has 1 aliphatic rings. The third-order valence-electron chi connectivity index (χ3n) is 3.87. The SMILES string of the molecule is Cc1ccc(NC2CCNCc3ccccc32)cc1Cl. The molecule has 0 radical (unpaired) electrons. The lowest BCUT2D eigenvalue weighted by atomic mass is 9.99. The Balaban J connectivity index is 1.88. The maximum atomic E-state index is 6.21. The van der Waals surface area contributed by atoms with Gasteiger partial charge in [-0.05, 0) is 48.7 Å². The van der Waals surface area contributed by atoms with Gasteiger partial charge in [-0.25, -0.2) is 0 Å². The molecule has 0 spiro atoms. The minimum absolute atomic E-state index is 0.333. The first-order chi connectivity index (χ1) is 9.74. The van der Waals surface area contributed by atoms with Crippen LogP contribution in [0.4, 0.5) is 5.69 Å². The molecule has 3 rings (SSSR count). The Morgan fingerprint density at radius 2 is 2.05 bits per heavy atom. The Hall–Kier alpha value is -1.51. The molecule has 0 saturated heterocycles. The summed E-state index contributed by atoms with van der Waals surface area (Å²) in [7, 11) is 0. The standard InChI is InChI=1S/C17H19ClN2/c1-12-6-7-14(10-16(12)18)20-17-8-9-19-11-13-4-2-3-5-15(13)17/h2-7,10,17,19-20H,8-9,11H2,1H3. The van der Waals surface area contributed by atoms with Crippen LogP contribution in [0, 0.1) is 6.92 Å². The molecule has 1 atom stereocenters. The average Bonchev–Trinajstić information content (AvgIpc) is 2.66. The van der Waals surface area contributed by atoms with Gasteiger partial charge in [-0.15, -0.1) is 0 Å². The van der Waals surface area contributed by atoms with Gasteiger partial charge >= 0.3 is 0 Å². The van der Waals surface area contributed by atoms with Crippen LogP contribution in [0.2, 0.25) is 5.02 Å². The van der Waals surface area contributed by atoms with Crippen molar-refractivity contribution in [2.24, 2.45) is 0 Å². The molecule has 104 valence electrons. The second-order valence-corrected chi connectivity index (χ2v) is 5.73. The first-order valence-electron chi connectivity index (χ1n) is 7.05. The van der Waals surface area contributed by atoms with Crippen molar-refractivity contribution in [2.75, 3.05) is 11.9 Å². The van der Waals surface area contributed by atoms with Crippen molar-refractivity contribution < 1.29 is 0 Å². The topological polar surface area (TPSA) is 24.1 Å². The first kappa shape index (κ1) is 13.5. The van der Waals surface area contributed by atoms with Gasteiger partial charge in [-0.2, -0.15) is 0 Å². The summed E-state index contributed by atoms with van der Waals surface area (Å²) in [6, 6.07) is 15.1. The van der Waals surface area contributed by atoms with Gasteiger partial charge < -0.3 is 10.6 Å². The maximum absolute atomic E-state index is 6.21. The molecule has 0 amide bonds. The predicted molar refractivity (Wildman–Crippen MR) is 85.3 cm³/mol. The molecule has 0 aliphatic carbocycles. The Labute approximate surface area is 125 Å². The lowest BCUT2D eigenvalue weighted by molar-refractivity contribution is 0.637. The van der Waals surface area contributed by atoms with Crippen molar-refractivity contribution in [2.45, 2.75) is 25.9 Å². The smallest absolute Gasteiger partial charge is 0.0529 e. The quantitative estimate of drug-likeness (QED) is 0.860. The van der Waals surface area contributed by atoms with Crippen molar-refractivity contribution in [3.8, 4) is 0 Å². The van der Waals surface area contributed by atoms with Crippen molar-refractivity contribution >= 4 is 17.3 Å². The van der Waals surface area contributed by atoms with E-state index in [0.717, 1.165) is 35.8 Å². The molecule has 2 aromatic carbocycles. The molecule has 2 aromatic rings. The molecule has 1 heterocycles. The zero-order valence-electron chi connectivity index (χ0n) is 11.6. The van der Waals surface area contributed by atoms with Crippen LogP contribution in [-0.2, 0) is 6.54 Å². The van der Waals surface area contributed by atoms with Crippen LogP contribution < -0.4 is 10.6 Å². The molecule has 20 heavy (non-hydrogen) atoms. The maximum Gasteiger partial charge on any atom is 0.0529 e. The lowest BCUT2D eigenvalue weighted by Crippen LogP contribution is -2.15. The summed E-state index contributed by atoms with van der Waals surface area (Å²) in [5, 5.41) is 7.91. The summed E-state index contributed by atoms with van der Waals surface area (Å²) in [6.07, 6.45) is 1.07. The molecule has 0 saturated carbocycles. The molecule has 0 bridgehead atoms. The Kier molecular flexibility index (Phi) is 3.95. The molecule has 0 fully saturated rings. The van der Waals surface area contributed by atoms with Gasteiger partial charge in [0.25, 0.3) is 0 Å². The summed E-state index contributed by atoms with van der Waals surface area (Å²) >= 11 is 6.21. The van der Waals surface area contributed by atoms with Gasteiger partial charge in [0, 0.05) is 17.3 Å². The zero-order valence-corrected chi connectivity index (χ0v) is 12.4. The van der Waals surface area contributed by atoms with Crippen molar-refractivity contribution in [3.63, 3.8) is 0 Å². The average molecular weight is 287 g/mol. The van der Waals surface area contributed by atoms with Crippen LogP contribution in [0.25, 0.3) is 0 Å². The first-order valence-corrected chi connectivity index (χ1v) is 7.43. The van der Waals surface area contributed by atoms with E-state index in [0.29, 0.717) is 6.04 Å². The largest absolute Gasteiger partial charge is 0.378 e. The van der Waals surface area contributed by atoms with E-state index in [9.17, 15) is 0 Å². The van der Waals surface area contributed by atoms with E-state index in [4.69, 9.17) is 11.6 Å². The minimum atomic E-state index is 0.333. The van der Waals surface area contributed by atoms with Gasteiger partial charge in [-0.3, -0.25) is 0 Å². The van der Waals surface area contributed by atoms with Crippen molar-refractivity contribution in [1.82, 2.24) is 5.32 Å². The van der Waals surface area contributed by atoms with Crippen molar-refractivity contribution in [1.29, 1.82) is 0 Å². The predicted octanol–water partition coefficient (Wildman–Crippen LogP) is 4.29. The number of rotatable bonds is 2. The molecule has 1 aliphatic heterocycles. The van der Waals surface area contributed by atoms with Crippen LogP contribution in [0.5, 0.6) is 0 Å². The van der Waals surface area contributed by atoms with E-state index in [1.54, 1.807) is 0 Å². The number of halogens is 1. The van der Waals surface area contributed by atoms with Gasteiger partial charge in [0.2, 0.25) is 0 Å². The minimum Gasteiger partial charge on any atom is -0.378 e. The molecule has 2 nitrogen and oxygen atoms in total. The molecule has 3 heteroatoms. The molecule has 1 unspecified atom stereocenters. The number of anilines is 1. The summed E-state index contributed by atoms with van der Waals surface area (Å²) in [4.78, 5) is 0. The number of aryl methyl sites for hydroxylation is 1. The van der Waals surface area contributed by atoms with Crippen LogP contribution in [0.1, 0.15) is 29.2 Å². The number of nitrogens with one attached hydrogen (secondary N) is 2. The number of hydrogen-bond donors (Lipinski definition) is 2. The van der Waals surface area contributed by atoms with Gasteiger partial charge in [0.15, 0.2) is 0 Å². The Morgan fingerprint density at radius 3 is 2.90 bits per heavy atom. The number of benzene rings is 2. The summed E-state index contributed by atoms with van der Waals surface area (Å²) in [6.45, 7) is 3.99. The Bertz CT molecular complexity index is 610. The van der Waals surface area contributed by atoms with E-state index < -0.39 is 0 Å². The van der Waals surface area contributed by atoms with Crippen LogP contribution in [-0.4, -0.2) is 6.54 Å². The third kappa shape index (κ3) is 2.82. The van der Waals surface area contributed by atoms with Crippen LogP contribution >= 0.6 is 11.6 Å². The van der Waals surface area contributed by atoms with E-state index in [-0.39, 0.29) is 0 Å². The van der Waals surface area contributed by atoms with Crippen molar-refractivity contribution in [3.05, 3.63) is 64.2 Å². The fourth-order valence-corrected chi connectivity index (χ4v) is 2.87. The van der Waals surface area contributed by atoms with E-state index in [1.165, 1.54) is 11.1 Å². The molecule has 0 aromatic heterocycles. The van der Waals surface area contributed by atoms with Crippen LogP contribution in [0.3, 0.4) is 0 Å². The highest BCUT2D eigenvalue weighted by Crippen LogP contribution is 2.29. The number of fused-ring (bicyclic) bond motifs is 1. The molecular weight excluding hydrogens is 268 g/mol. The van der Waals surface area contributed by atoms with Gasteiger partial charge in [0.1, 0.15) is 0 Å². The third-order valence-corrected chi connectivity index (χ3v) is 4.28. The highest BCUT2D eigenvalue weighted by atomic mass is 35.5. The zero-order chi connectivity index (χ0) is 13.9. The second kappa shape index (κ2) is 5.86. The fraction of sp³-hybridized carbons (Fsp3) is 0.294. The Morgan fingerprint density at radius 1 is 1.20 bits per heavy atom. The lowest BCUT2D eigenvalue weighted by Gasteiger charge is -2.20. The summed E-state index contributed by atoms with van der Waals surface area (Å²) < 4.78 is 0. The normalized spacial score (nSPS) is 18.2. The van der Waals surface area contributed by atoms with E-state index in [1.807, 2.05) is 13.0 Å². The van der Waals surface area contributed by atoms with Gasteiger partial charge in [-0.1, -0.05) is 41.9 Å². The molecule has 2 N–H and O–H groups in total. The monoisotopic (exact) mass is 286 g/mol. The highest BCUT2D eigenvalue weighted by molar-refractivity contribution is 6.31. The van der Waals surface area contributed by atoms with E-state index in [2.05, 4.69) is 47.0 Å². The second-order valence-electron chi connectivity index (χ2n) is 5.33. The van der Waals surface area contributed by atoms with Crippen LogP contribution in [0.15, 0.2) is 42.5 Å².